The number of nitrogen functional groups attached to an aromatic ring is 5. The van der Waals surface area contributed by atoms with Gasteiger partial charge < -0.3 is 81.8 Å². The van der Waals surface area contributed by atoms with Gasteiger partial charge in [-0.2, -0.15) is 49.8 Å². The van der Waals surface area contributed by atoms with Crippen molar-refractivity contribution in [2.75, 3.05) is 178 Å². The lowest BCUT2D eigenvalue weighted by molar-refractivity contribution is -0.136. The Labute approximate surface area is 866 Å². The number of Topliss-reactive ketones (excluding diaryl/α,β-unsaturated/α-hetero) is 2. The van der Waals surface area contributed by atoms with E-state index in [-0.39, 0.29) is 42.6 Å². The molecular formula is C111H151N27O9. The molecule has 17 rings (SSSR count). The lowest BCUT2D eigenvalue weighted by Gasteiger charge is -2.34. The lowest BCUT2D eigenvalue weighted by Crippen LogP contribution is -2.49. The average Bonchev–Trinajstić information content (AvgIpc) is 0.752. The van der Waals surface area contributed by atoms with Crippen molar-refractivity contribution in [3.05, 3.63) is 225 Å². The first-order valence-electron chi connectivity index (χ1n) is 52.2. The highest BCUT2D eigenvalue weighted by atomic mass is 16.5. The lowest BCUT2D eigenvalue weighted by atomic mass is 9.92. The molecule has 147 heavy (non-hydrogen) atoms. The van der Waals surface area contributed by atoms with Crippen molar-refractivity contribution in [1.29, 1.82) is 0 Å². The molecule has 1 unspecified atom stereocenters. The van der Waals surface area contributed by atoms with Crippen molar-refractivity contribution in [3.63, 3.8) is 0 Å². The number of nitrogens with zero attached hydrogens (tertiary/aromatic N) is 22. The van der Waals surface area contributed by atoms with Gasteiger partial charge in [0.2, 0.25) is 11.7 Å². The molecule has 0 bridgehead atoms. The third-order valence-corrected chi connectivity index (χ3v) is 26.6. The zero-order valence-corrected chi connectivity index (χ0v) is 87.8. The second-order valence-electron chi connectivity index (χ2n) is 39.2. The Kier molecular flexibility index (Phi) is 41.1. The number of hydrogen-bond donors (Lipinski definition) is 5. The number of carbonyl (C=O) groups is 4. The van der Waals surface area contributed by atoms with Crippen molar-refractivity contribution in [2.45, 2.75) is 223 Å². The van der Waals surface area contributed by atoms with Gasteiger partial charge in [0.1, 0.15) is 58.2 Å². The number of ether oxygens (including phenoxy) is 5. The van der Waals surface area contributed by atoms with E-state index < -0.39 is 11.7 Å². The first kappa shape index (κ1) is 110. The Morgan fingerprint density at radius 1 is 0.422 bits per heavy atom. The van der Waals surface area contributed by atoms with E-state index in [0.29, 0.717) is 163 Å². The van der Waals surface area contributed by atoms with Crippen LogP contribution < -0.4 is 76.9 Å². The van der Waals surface area contributed by atoms with Crippen molar-refractivity contribution in [3.8, 4) is 30.1 Å². The molecule has 2 aromatic carbocycles. The number of aromatic nitrogens is 13. The van der Waals surface area contributed by atoms with Crippen LogP contribution in [0.5, 0.6) is 30.1 Å². The predicted molar refractivity (Wildman–Crippen MR) is 579 cm³/mol. The maximum atomic E-state index is 13.4. The topological polar surface area (TPSA) is 441 Å². The Balaban J connectivity index is 0.000000155. The molecule has 15 heterocycles. The number of ketones is 2. The summed E-state index contributed by atoms with van der Waals surface area (Å²) in [5.41, 5.74) is 46.6. The van der Waals surface area contributed by atoms with E-state index in [2.05, 4.69) is 203 Å². The number of piperidine rings is 1. The van der Waals surface area contributed by atoms with Gasteiger partial charge in [-0.1, -0.05) is 182 Å². The maximum absolute atomic E-state index is 13.4. The fraction of sp³-hybridized carbons (Fsp3) is 0.486. The second-order valence-corrected chi connectivity index (χ2v) is 39.2. The van der Waals surface area contributed by atoms with Crippen molar-refractivity contribution < 1.29 is 42.9 Å². The molecule has 0 radical (unpaired) electrons. The minimum Gasteiger partial charge on any atom is -0.463 e. The zero-order valence-electron chi connectivity index (χ0n) is 87.8. The summed E-state index contributed by atoms with van der Waals surface area (Å²) >= 11 is 0. The normalized spacial score (nSPS) is 15.4. The van der Waals surface area contributed by atoms with Gasteiger partial charge >= 0.3 is 30.1 Å². The molecule has 7 aliphatic rings. The van der Waals surface area contributed by atoms with Crippen LogP contribution in [-0.4, -0.2) is 239 Å². The average molecular weight is 2010 g/mol. The van der Waals surface area contributed by atoms with E-state index in [9.17, 15) is 19.2 Å². The van der Waals surface area contributed by atoms with Crippen molar-refractivity contribution in [1.82, 2.24) is 84.4 Å². The van der Waals surface area contributed by atoms with Gasteiger partial charge in [-0.15, -0.1) is 0 Å². The summed E-state index contributed by atoms with van der Waals surface area (Å²) in [6.07, 6.45) is 21.9. The van der Waals surface area contributed by atoms with Gasteiger partial charge in [-0.05, 0) is 158 Å². The quantitative estimate of drug-likeness (QED) is 0.0136. The fourth-order valence-corrected chi connectivity index (χ4v) is 18.3. The third kappa shape index (κ3) is 32.4. The van der Waals surface area contributed by atoms with Crippen LogP contribution in [0.15, 0.2) is 152 Å². The maximum Gasteiger partial charge on any atom is 0.320 e. The molecule has 10 N–H and O–H groups in total. The predicted octanol–water partition coefficient (Wildman–Crippen LogP) is 14.4. The van der Waals surface area contributed by atoms with E-state index in [1.165, 1.54) is 23.3 Å². The van der Waals surface area contributed by atoms with E-state index in [1.807, 2.05) is 94.4 Å². The number of likely N-dealkylation sites (tertiary alicyclic amines) is 1. The van der Waals surface area contributed by atoms with Gasteiger partial charge in [-0.3, -0.25) is 48.8 Å². The molecule has 8 aromatic heterocycles. The molecule has 1 atom stereocenters. The van der Waals surface area contributed by atoms with E-state index >= 15 is 0 Å². The van der Waals surface area contributed by atoms with Crippen LogP contribution in [0, 0.1) is 26.7 Å². The molecular weight excluding hydrogens is 1860 g/mol. The number of aryl methyl sites for hydroxylation is 3. The highest BCUT2D eigenvalue weighted by molar-refractivity contribution is 6.43. The number of amides is 2. The van der Waals surface area contributed by atoms with Crippen LogP contribution in [-0.2, 0) is 84.0 Å². The van der Waals surface area contributed by atoms with Gasteiger partial charge in [0.25, 0.3) is 5.91 Å². The number of piperazine rings is 1. The Bertz CT molecular complexity index is 6030. The largest absolute Gasteiger partial charge is 0.463 e. The van der Waals surface area contributed by atoms with Gasteiger partial charge in [0, 0.05) is 187 Å². The van der Waals surface area contributed by atoms with Gasteiger partial charge in [-0.25, -0.2) is 0 Å². The molecule has 784 valence electrons. The minimum absolute atomic E-state index is 0.0609. The summed E-state index contributed by atoms with van der Waals surface area (Å²) in [6.45, 7) is 47.7. The van der Waals surface area contributed by atoms with Crippen LogP contribution in [0.25, 0.3) is 0 Å². The summed E-state index contributed by atoms with van der Waals surface area (Å²) in [7, 11) is 2.13. The molecule has 0 aliphatic carbocycles. The van der Waals surface area contributed by atoms with Crippen molar-refractivity contribution in [2.24, 2.45) is 5.92 Å². The molecule has 0 spiro atoms. The standard InChI is InChI=1S/C29H43N7O2.C25H35N5O2.C20H27N5O.C19H25N5O.C18H21N5O3/c1-4-5-18-38-29-31-27(30)25-19-23(2)20-36(28(25)32-29)13-9-12-35(21-24-10-7-6-8-11-24)26(37)22-34-16-14-33(3)15-17-34;1-2-3-15-32-25-27-23(26)22-16-21(31)18-30(24(22)28-25)14-11-19-9-12-29(13-10-19)17-20-7-5-4-6-8-20;1-5-6-15(4)26-20-23-18(21)17-9-13(2)11-25(19(17)24-20)12-16-8-7-14(3)22-10-16;1-4-5-8-25-19-22-17(20)16-9-13(2)11-24(18(16)23-19)12-15-7-6-14(3)21-10-15;1-3-4-7-26-18-21-15(19)13-8-14(24)17(25)23(16(13)22-18)10-12-6-5-11(2)20-9-12/h6-8,10-11H,2,4-5,9,12-22H2,1,3H3,(H2,30,31,32);4-8,19H,2-3,9-18H2,1H3,(H2,26,27,28);7-8,10,15H,2,5-6,9,11-12H2,1,3-4H3,(H2,21,23,24);6-7,10H,2,4-5,8-9,11-12H2,1,3H3,(H2,20,22,23);5-6,9H,3-4,7-8,10H2,1-2H3,(H2,19,21,22). The zero-order chi connectivity index (χ0) is 104. The number of nitrogens with two attached hydrogens (primary N) is 5. The molecule has 2 fully saturated rings. The van der Waals surface area contributed by atoms with Crippen molar-refractivity contribution >= 4 is 81.6 Å². The first-order valence-corrected chi connectivity index (χ1v) is 52.2. The molecule has 0 saturated carbocycles. The highest BCUT2D eigenvalue weighted by Gasteiger charge is 2.37. The second kappa shape index (κ2) is 54.9. The number of anilines is 10. The number of fused-ring (bicyclic) bond motifs is 5. The van der Waals surface area contributed by atoms with Crippen LogP contribution in [0.3, 0.4) is 0 Å². The van der Waals surface area contributed by atoms with Crippen LogP contribution >= 0.6 is 0 Å². The van der Waals surface area contributed by atoms with E-state index in [4.69, 9.17) is 57.3 Å². The van der Waals surface area contributed by atoms with E-state index in [0.717, 1.165) is 251 Å². The van der Waals surface area contributed by atoms with Crippen LogP contribution in [0.2, 0.25) is 0 Å². The Morgan fingerprint density at radius 2 is 0.823 bits per heavy atom. The monoisotopic (exact) mass is 2010 g/mol. The summed E-state index contributed by atoms with van der Waals surface area (Å²) in [5.74, 6) is 5.43. The molecule has 10 aromatic rings. The molecule has 2 amide bonds. The van der Waals surface area contributed by atoms with E-state index in [1.54, 1.807) is 6.20 Å². The summed E-state index contributed by atoms with van der Waals surface area (Å²) in [6, 6.07) is 34.3. The van der Waals surface area contributed by atoms with Gasteiger partial charge in [0.15, 0.2) is 5.78 Å². The number of pyridine rings is 3. The molecule has 36 heteroatoms. The fourth-order valence-electron chi connectivity index (χ4n) is 18.3. The number of hydrogen-bond acceptors (Lipinski definition) is 34. The first-order chi connectivity index (χ1) is 71.1. The summed E-state index contributed by atoms with van der Waals surface area (Å²) < 4.78 is 28.6. The highest BCUT2D eigenvalue weighted by Crippen LogP contribution is 2.39. The van der Waals surface area contributed by atoms with Crippen LogP contribution in [0.1, 0.15) is 204 Å². The smallest absolute Gasteiger partial charge is 0.320 e. The summed E-state index contributed by atoms with van der Waals surface area (Å²) in [5, 5.41) is 0. The number of rotatable bonds is 39. The summed E-state index contributed by atoms with van der Waals surface area (Å²) in [4.78, 5) is 127. The minimum atomic E-state index is -0.615. The van der Waals surface area contributed by atoms with Gasteiger partial charge in [0.05, 0.1) is 52.2 Å². The SMILES string of the molecule is C=C1Cc2c(N)nc(OC(C)CCC)nc2N(Cc2ccc(C)nc2)C1.C=C1Cc2c(N)nc(OCCCC)nc2N(CCCN(Cc2ccccc2)C(=O)CN2CCN(C)CC2)C1.C=C1Cc2c(N)nc(OCCCC)nc2N(Cc2ccc(C)nc2)C1.CCCCOc1nc(N)c2c(n1)N(CCC1CCN(Cc3ccccc3)CC1)CC(=O)C2.CCCCOc1nc(N)c2c(n1)N(Cc1ccc(C)nc1)C(=O)C(=O)C2. The third-order valence-electron chi connectivity index (χ3n) is 26.6. The Hall–Kier alpha value is -14.1. The Morgan fingerprint density at radius 3 is 1.27 bits per heavy atom. The molecule has 7 aliphatic heterocycles. The number of carbonyl (C=O) groups excluding carboxylic acids is 4. The number of likely N-dealkylation sites (N-methyl/N-ethyl adjacent to an activating group) is 1. The number of benzene rings is 2. The van der Waals surface area contributed by atoms with Crippen LogP contribution in [0.4, 0.5) is 58.2 Å². The molecule has 36 nitrogen and oxygen atoms in total. The molecule has 2 saturated heterocycles. The number of unbranched alkanes of at least 4 members (excludes halogenated alkanes) is 4.